The van der Waals surface area contributed by atoms with Crippen LogP contribution in [0.1, 0.15) is 11.1 Å². The molecule has 0 amide bonds. The molecule has 2 aromatic carbocycles. The predicted octanol–water partition coefficient (Wildman–Crippen LogP) is 5.19. The third kappa shape index (κ3) is 3.98. The van der Waals surface area contributed by atoms with Crippen molar-refractivity contribution in [2.45, 2.75) is 12.4 Å². The lowest BCUT2D eigenvalue weighted by atomic mass is 9.93. The van der Waals surface area contributed by atoms with Crippen LogP contribution in [0, 0.1) is 0 Å². The summed E-state index contributed by atoms with van der Waals surface area (Å²) in [5.74, 6) is -2.88. The summed E-state index contributed by atoms with van der Waals surface area (Å²) in [5.41, 5.74) is -5.10. The third-order valence-electron chi connectivity index (χ3n) is 3.29. The van der Waals surface area contributed by atoms with Crippen LogP contribution in [-0.4, -0.2) is 11.1 Å². The number of ether oxygens (including phenoxy) is 1. The third-order valence-corrected chi connectivity index (χ3v) is 3.29. The molecule has 0 unspecified atom stereocenters. The molecule has 2 rings (SSSR count). The fourth-order valence-electron chi connectivity index (χ4n) is 2.28. The van der Waals surface area contributed by atoms with Crippen LogP contribution in [0.25, 0.3) is 11.1 Å². The van der Waals surface area contributed by atoms with Gasteiger partial charge < -0.3 is 9.84 Å². The Balaban J connectivity index is 2.84. The number of carbonyl (C=O) groups is 1. The minimum absolute atomic E-state index is 0.206. The first-order chi connectivity index (χ1) is 11.9. The maximum atomic E-state index is 13.5. The molecule has 0 aliphatic rings. The molecule has 0 bridgehead atoms. The number of hydrogen-bond donors (Lipinski definition) is 1. The molecule has 0 atom stereocenters. The Morgan fingerprint density at radius 3 is 1.92 bits per heavy atom. The number of rotatable bonds is 3. The van der Waals surface area contributed by atoms with Gasteiger partial charge in [-0.3, -0.25) is 0 Å². The maximum absolute atomic E-state index is 13.5. The molecule has 0 fully saturated rings. The Morgan fingerprint density at radius 1 is 0.923 bits per heavy atom. The molecule has 1 N–H and O–H groups in total. The number of aromatic hydroxyl groups is 1. The maximum Gasteiger partial charge on any atom is 0.420 e. The number of hydrogen-bond acceptors (Lipinski definition) is 3. The van der Waals surface area contributed by atoms with Gasteiger partial charge >= 0.3 is 18.3 Å². The van der Waals surface area contributed by atoms with E-state index in [0.717, 1.165) is 30.3 Å². The van der Waals surface area contributed by atoms with E-state index >= 15 is 0 Å². The molecule has 0 heterocycles. The fraction of sp³-hybridized carbons (Fsp3) is 0.118. The Bertz CT molecular complexity index is 835. The molecule has 0 saturated heterocycles. The van der Waals surface area contributed by atoms with E-state index in [0.29, 0.717) is 12.1 Å². The van der Waals surface area contributed by atoms with E-state index in [9.17, 15) is 36.2 Å². The molecule has 26 heavy (non-hydrogen) atoms. The lowest BCUT2D eigenvalue weighted by Gasteiger charge is -2.21. The van der Waals surface area contributed by atoms with E-state index in [1.165, 1.54) is 0 Å². The van der Waals surface area contributed by atoms with Crippen LogP contribution in [-0.2, 0) is 17.1 Å². The van der Waals surface area contributed by atoms with Gasteiger partial charge in [0.2, 0.25) is 0 Å². The average molecular weight is 376 g/mol. The van der Waals surface area contributed by atoms with E-state index in [4.69, 9.17) is 0 Å². The van der Waals surface area contributed by atoms with Gasteiger partial charge in [0, 0.05) is 6.08 Å². The van der Waals surface area contributed by atoms with E-state index in [-0.39, 0.29) is 11.3 Å². The van der Waals surface area contributed by atoms with Crippen molar-refractivity contribution in [1.29, 1.82) is 0 Å². The highest BCUT2D eigenvalue weighted by molar-refractivity contribution is 5.84. The van der Waals surface area contributed by atoms with Gasteiger partial charge in [-0.2, -0.15) is 26.3 Å². The van der Waals surface area contributed by atoms with Gasteiger partial charge in [-0.15, -0.1) is 0 Å². The first-order valence-corrected chi connectivity index (χ1v) is 6.90. The van der Waals surface area contributed by atoms with Gasteiger partial charge in [0.25, 0.3) is 0 Å². The number of phenols is 1. The van der Waals surface area contributed by atoms with Crippen LogP contribution in [0.15, 0.2) is 49.1 Å². The summed E-state index contributed by atoms with van der Waals surface area (Å²) >= 11 is 0. The molecular weight excluding hydrogens is 366 g/mol. The quantitative estimate of drug-likeness (QED) is 0.347. The van der Waals surface area contributed by atoms with Crippen molar-refractivity contribution in [2.75, 3.05) is 0 Å². The minimum atomic E-state index is -5.45. The zero-order valence-electron chi connectivity index (χ0n) is 12.8. The Labute approximate surface area is 143 Å². The highest BCUT2D eigenvalue weighted by atomic mass is 19.4. The monoisotopic (exact) mass is 376 g/mol. The van der Waals surface area contributed by atoms with Gasteiger partial charge in [0.05, 0.1) is 5.56 Å². The molecule has 0 aliphatic carbocycles. The number of benzene rings is 2. The van der Waals surface area contributed by atoms with Crippen molar-refractivity contribution in [2.24, 2.45) is 0 Å². The van der Waals surface area contributed by atoms with Crippen molar-refractivity contribution in [3.63, 3.8) is 0 Å². The summed E-state index contributed by atoms with van der Waals surface area (Å²) in [5, 5.41) is 9.22. The van der Waals surface area contributed by atoms with Gasteiger partial charge in [0.15, 0.2) is 0 Å². The first-order valence-electron chi connectivity index (χ1n) is 6.90. The molecule has 0 aliphatic heterocycles. The number of halogens is 6. The second-order valence-electron chi connectivity index (χ2n) is 5.03. The van der Waals surface area contributed by atoms with Crippen LogP contribution in [0.3, 0.4) is 0 Å². The molecule has 2 aromatic rings. The number of phenolic OH excluding ortho intramolecular Hbond substituents is 1. The van der Waals surface area contributed by atoms with E-state index in [2.05, 4.69) is 11.3 Å². The van der Waals surface area contributed by atoms with Crippen molar-refractivity contribution in [1.82, 2.24) is 0 Å². The molecule has 0 saturated carbocycles. The SMILES string of the molecule is C=CC(=O)Oc1ccc(-c2ccc(O)cc2)c(C(F)(F)F)c1C(F)(F)F. The molecule has 0 aromatic heterocycles. The number of carbonyl (C=O) groups excluding carboxylic acids is 1. The summed E-state index contributed by atoms with van der Waals surface area (Å²) < 4.78 is 85.0. The lowest BCUT2D eigenvalue weighted by molar-refractivity contribution is -0.163. The van der Waals surface area contributed by atoms with Crippen LogP contribution in [0.4, 0.5) is 26.3 Å². The van der Waals surface area contributed by atoms with Gasteiger partial charge in [-0.1, -0.05) is 24.8 Å². The van der Waals surface area contributed by atoms with E-state index < -0.39 is 40.8 Å². The number of esters is 1. The number of alkyl halides is 6. The summed E-state index contributed by atoms with van der Waals surface area (Å²) in [4.78, 5) is 11.2. The zero-order valence-corrected chi connectivity index (χ0v) is 12.8. The van der Waals surface area contributed by atoms with Gasteiger partial charge in [-0.05, 0) is 29.3 Å². The smallest absolute Gasteiger partial charge is 0.420 e. The van der Waals surface area contributed by atoms with Crippen LogP contribution < -0.4 is 4.74 Å². The molecular formula is C17H10F6O3. The molecule has 138 valence electrons. The second kappa shape index (κ2) is 6.74. The summed E-state index contributed by atoms with van der Waals surface area (Å²) in [6.45, 7) is 2.99. The predicted molar refractivity (Wildman–Crippen MR) is 79.4 cm³/mol. The molecule has 3 nitrogen and oxygen atoms in total. The fourth-order valence-corrected chi connectivity index (χ4v) is 2.28. The van der Waals surface area contributed by atoms with Gasteiger partial charge in [0.1, 0.15) is 17.1 Å². The second-order valence-corrected chi connectivity index (χ2v) is 5.03. The van der Waals surface area contributed by atoms with Crippen molar-refractivity contribution < 1.29 is 41.0 Å². The van der Waals surface area contributed by atoms with Crippen LogP contribution in [0.2, 0.25) is 0 Å². The largest absolute Gasteiger partial charge is 0.508 e. The summed E-state index contributed by atoms with van der Waals surface area (Å²) in [6.07, 6.45) is -10.3. The Kier molecular flexibility index (Phi) is 5.02. The van der Waals surface area contributed by atoms with Crippen LogP contribution in [0.5, 0.6) is 11.5 Å². The highest BCUT2D eigenvalue weighted by Crippen LogP contribution is 2.49. The van der Waals surface area contributed by atoms with Crippen molar-refractivity contribution >= 4 is 5.97 Å². The van der Waals surface area contributed by atoms with E-state index in [1.54, 1.807) is 0 Å². The lowest BCUT2D eigenvalue weighted by Crippen LogP contribution is -2.20. The minimum Gasteiger partial charge on any atom is -0.508 e. The van der Waals surface area contributed by atoms with E-state index in [1.807, 2.05) is 0 Å². The highest BCUT2D eigenvalue weighted by Gasteiger charge is 2.47. The van der Waals surface area contributed by atoms with Gasteiger partial charge in [-0.25, -0.2) is 4.79 Å². The average Bonchev–Trinajstić information content (AvgIpc) is 2.53. The molecule has 0 radical (unpaired) electrons. The zero-order chi connectivity index (χ0) is 19.7. The summed E-state index contributed by atoms with van der Waals surface area (Å²) in [7, 11) is 0. The molecule has 0 spiro atoms. The Morgan fingerprint density at radius 2 is 1.46 bits per heavy atom. The standard InChI is InChI=1S/C17H10F6O3/c1-2-13(25)26-12-8-7-11(9-3-5-10(24)6-4-9)14(16(18,19)20)15(12)17(21,22)23/h2-8,24H,1H2. The molecule has 9 heteroatoms. The van der Waals surface area contributed by atoms with Crippen molar-refractivity contribution in [3.8, 4) is 22.6 Å². The topological polar surface area (TPSA) is 46.5 Å². The Hall–Kier alpha value is -2.97. The van der Waals surface area contributed by atoms with Crippen LogP contribution >= 0.6 is 0 Å². The van der Waals surface area contributed by atoms with Crippen molar-refractivity contribution in [3.05, 3.63) is 60.2 Å². The normalized spacial score (nSPS) is 11.9. The summed E-state index contributed by atoms with van der Waals surface area (Å²) in [6, 6.07) is 5.53. The first kappa shape index (κ1) is 19.4.